The third-order valence-electron chi connectivity index (χ3n) is 3.55. The highest BCUT2D eigenvalue weighted by Gasteiger charge is 2.18. The Hall–Kier alpha value is -2.33. The van der Waals surface area contributed by atoms with E-state index in [0.29, 0.717) is 16.1 Å². The van der Waals surface area contributed by atoms with Crippen molar-refractivity contribution >= 4 is 28.6 Å². The summed E-state index contributed by atoms with van der Waals surface area (Å²) in [5.74, 6) is -0.245. The number of hydrogen-bond acceptors (Lipinski definition) is 2. The van der Waals surface area contributed by atoms with Crippen LogP contribution in [-0.2, 0) is 0 Å². The lowest BCUT2D eigenvalue weighted by Gasteiger charge is -2.12. The number of imidazole rings is 1. The molecule has 0 saturated heterocycles. The summed E-state index contributed by atoms with van der Waals surface area (Å²) in [7, 11) is 0. The van der Waals surface area contributed by atoms with Crippen molar-refractivity contribution in [1.29, 1.82) is 0 Å². The molecule has 0 atom stereocenters. The topological polar surface area (TPSA) is 55.1 Å². The lowest BCUT2D eigenvalue weighted by atomic mass is 10.1. The van der Waals surface area contributed by atoms with Crippen LogP contribution in [0.15, 0.2) is 36.4 Å². The monoisotopic (exact) mass is 300 g/mol. The largest absolute Gasteiger partial charge is 0.478 e. The van der Waals surface area contributed by atoms with Crippen molar-refractivity contribution in [3.63, 3.8) is 0 Å². The van der Waals surface area contributed by atoms with Gasteiger partial charge in [-0.3, -0.25) is 4.57 Å². The van der Waals surface area contributed by atoms with Gasteiger partial charge in [0, 0.05) is 5.02 Å². The second-order valence-electron chi connectivity index (χ2n) is 4.86. The molecule has 0 aliphatic heterocycles. The first-order valence-corrected chi connectivity index (χ1v) is 6.85. The molecule has 3 aromatic rings. The molecule has 0 amide bonds. The summed E-state index contributed by atoms with van der Waals surface area (Å²) in [6, 6.07) is 10.7. The lowest BCUT2D eigenvalue weighted by Crippen LogP contribution is -2.04. The number of nitrogens with zero attached hydrogens (tertiary/aromatic N) is 2. The summed E-state index contributed by atoms with van der Waals surface area (Å²) in [6.45, 7) is 3.76. The van der Waals surface area contributed by atoms with Crippen LogP contribution < -0.4 is 0 Å². The molecule has 3 rings (SSSR count). The second-order valence-corrected chi connectivity index (χ2v) is 5.26. The zero-order valence-electron chi connectivity index (χ0n) is 11.6. The first kappa shape index (κ1) is 13.6. The van der Waals surface area contributed by atoms with Crippen LogP contribution in [0, 0.1) is 13.8 Å². The van der Waals surface area contributed by atoms with Crippen molar-refractivity contribution in [2.24, 2.45) is 0 Å². The normalized spacial score (nSPS) is 11.0. The molecule has 106 valence electrons. The summed E-state index contributed by atoms with van der Waals surface area (Å²) >= 11 is 6.19. The highest BCUT2D eigenvalue weighted by molar-refractivity contribution is 6.31. The van der Waals surface area contributed by atoms with Crippen molar-refractivity contribution in [3.8, 4) is 5.69 Å². The van der Waals surface area contributed by atoms with E-state index in [1.54, 1.807) is 12.1 Å². The maximum atomic E-state index is 11.5. The molecule has 1 heterocycles. The van der Waals surface area contributed by atoms with Crippen molar-refractivity contribution in [2.45, 2.75) is 13.8 Å². The fourth-order valence-corrected chi connectivity index (χ4v) is 2.72. The molecule has 5 heteroatoms. The molecule has 0 aliphatic rings. The average molecular weight is 301 g/mol. The van der Waals surface area contributed by atoms with Gasteiger partial charge in [-0.25, -0.2) is 9.78 Å². The van der Waals surface area contributed by atoms with Gasteiger partial charge in [0.05, 0.1) is 22.3 Å². The highest BCUT2D eigenvalue weighted by Crippen LogP contribution is 2.29. The highest BCUT2D eigenvalue weighted by atomic mass is 35.5. The Balaban J connectivity index is 2.45. The SMILES string of the molecule is Cc1c(Cl)cccc1-n1c(C)nc2cccc(C(=O)O)c21. The molecule has 0 saturated carbocycles. The van der Waals surface area contributed by atoms with Crippen molar-refractivity contribution in [3.05, 3.63) is 58.4 Å². The Morgan fingerprint density at radius 2 is 1.90 bits per heavy atom. The third kappa shape index (κ3) is 2.08. The number of para-hydroxylation sites is 1. The Morgan fingerprint density at radius 1 is 1.19 bits per heavy atom. The first-order chi connectivity index (χ1) is 10.0. The van der Waals surface area contributed by atoms with Crippen LogP contribution in [0.5, 0.6) is 0 Å². The predicted octanol–water partition coefficient (Wildman–Crippen LogP) is 3.99. The van der Waals surface area contributed by atoms with Crippen molar-refractivity contribution in [1.82, 2.24) is 9.55 Å². The molecule has 0 spiro atoms. The molecule has 1 N–H and O–H groups in total. The molecule has 0 bridgehead atoms. The number of rotatable bonds is 2. The van der Waals surface area contributed by atoms with Gasteiger partial charge in [-0.15, -0.1) is 0 Å². The summed E-state index contributed by atoms with van der Waals surface area (Å²) in [5, 5.41) is 10.1. The quantitative estimate of drug-likeness (QED) is 0.778. The van der Waals surface area contributed by atoms with E-state index in [4.69, 9.17) is 11.6 Å². The maximum absolute atomic E-state index is 11.5. The predicted molar refractivity (Wildman–Crippen MR) is 82.5 cm³/mol. The fraction of sp³-hybridized carbons (Fsp3) is 0.125. The number of carbonyl (C=O) groups is 1. The van der Waals surface area contributed by atoms with E-state index in [-0.39, 0.29) is 5.56 Å². The van der Waals surface area contributed by atoms with Gasteiger partial charge in [0.25, 0.3) is 0 Å². The molecule has 4 nitrogen and oxygen atoms in total. The Bertz CT molecular complexity index is 868. The Kier molecular flexibility index (Phi) is 3.18. The standard InChI is InChI=1S/C16H13ClN2O2/c1-9-12(17)6-4-8-14(9)19-10(2)18-13-7-3-5-11(15(13)19)16(20)21/h3-8H,1-2H3,(H,20,21). The van der Waals surface area contributed by atoms with Crippen LogP contribution >= 0.6 is 11.6 Å². The van der Waals surface area contributed by atoms with Gasteiger partial charge < -0.3 is 5.11 Å². The van der Waals surface area contributed by atoms with Gasteiger partial charge in [-0.2, -0.15) is 0 Å². The van der Waals surface area contributed by atoms with E-state index in [1.165, 1.54) is 0 Å². The van der Waals surface area contributed by atoms with Gasteiger partial charge in [-0.1, -0.05) is 23.7 Å². The second kappa shape index (κ2) is 4.90. The molecule has 2 aromatic carbocycles. The van der Waals surface area contributed by atoms with Crippen LogP contribution in [-0.4, -0.2) is 20.6 Å². The van der Waals surface area contributed by atoms with Crippen LogP contribution in [0.4, 0.5) is 0 Å². The van der Waals surface area contributed by atoms with Gasteiger partial charge in [-0.05, 0) is 43.7 Å². The zero-order chi connectivity index (χ0) is 15.1. The van der Waals surface area contributed by atoms with Gasteiger partial charge in [0.15, 0.2) is 0 Å². The summed E-state index contributed by atoms with van der Waals surface area (Å²) in [6.07, 6.45) is 0. The third-order valence-corrected chi connectivity index (χ3v) is 3.96. The van der Waals surface area contributed by atoms with Crippen molar-refractivity contribution in [2.75, 3.05) is 0 Å². The number of hydrogen-bond donors (Lipinski definition) is 1. The minimum Gasteiger partial charge on any atom is -0.478 e. The molecule has 1 aromatic heterocycles. The van der Waals surface area contributed by atoms with E-state index in [0.717, 1.165) is 17.1 Å². The Labute approximate surface area is 126 Å². The number of carboxylic acids is 1. The molecule has 21 heavy (non-hydrogen) atoms. The lowest BCUT2D eigenvalue weighted by molar-refractivity contribution is 0.0698. The van der Waals surface area contributed by atoms with Crippen LogP contribution in [0.2, 0.25) is 5.02 Å². The number of benzene rings is 2. The number of aryl methyl sites for hydroxylation is 1. The average Bonchev–Trinajstić information content (AvgIpc) is 2.77. The van der Waals surface area contributed by atoms with Crippen LogP contribution in [0.25, 0.3) is 16.7 Å². The van der Waals surface area contributed by atoms with E-state index >= 15 is 0 Å². The number of fused-ring (bicyclic) bond motifs is 1. The van der Waals surface area contributed by atoms with Gasteiger partial charge in [0.2, 0.25) is 0 Å². The van der Waals surface area contributed by atoms with Crippen LogP contribution in [0.1, 0.15) is 21.7 Å². The van der Waals surface area contributed by atoms with Gasteiger partial charge in [0.1, 0.15) is 5.82 Å². The fourth-order valence-electron chi connectivity index (χ4n) is 2.55. The summed E-state index contributed by atoms with van der Waals surface area (Å²) < 4.78 is 1.85. The summed E-state index contributed by atoms with van der Waals surface area (Å²) in [4.78, 5) is 16.0. The molecular weight excluding hydrogens is 288 g/mol. The minimum absolute atomic E-state index is 0.229. The molecule has 0 fully saturated rings. The number of halogens is 1. The first-order valence-electron chi connectivity index (χ1n) is 6.47. The van der Waals surface area contributed by atoms with Crippen molar-refractivity contribution < 1.29 is 9.90 Å². The van der Waals surface area contributed by atoms with Crippen LogP contribution in [0.3, 0.4) is 0 Å². The molecule has 0 unspecified atom stereocenters. The van der Waals surface area contributed by atoms with E-state index in [1.807, 2.05) is 42.7 Å². The summed E-state index contributed by atoms with van der Waals surface area (Å²) in [5.41, 5.74) is 3.21. The van der Waals surface area contributed by atoms with E-state index in [2.05, 4.69) is 4.98 Å². The maximum Gasteiger partial charge on any atom is 0.337 e. The Morgan fingerprint density at radius 3 is 2.62 bits per heavy atom. The molecular formula is C16H13ClN2O2. The van der Waals surface area contributed by atoms with Gasteiger partial charge >= 0.3 is 5.97 Å². The van der Waals surface area contributed by atoms with E-state index in [9.17, 15) is 9.90 Å². The number of carboxylic acid groups (broad SMARTS) is 1. The smallest absolute Gasteiger partial charge is 0.337 e. The molecule has 0 radical (unpaired) electrons. The minimum atomic E-state index is -0.971. The number of aromatic nitrogens is 2. The number of aromatic carboxylic acids is 1. The van der Waals surface area contributed by atoms with E-state index < -0.39 is 5.97 Å². The zero-order valence-corrected chi connectivity index (χ0v) is 12.3. The molecule has 0 aliphatic carbocycles.